The zero-order valence-electron chi connectivity index (χ0n) is 15.1. The number of fused-ring (bicyclic) bond motifs is 3. The minimum Gasteiger partial charge on any atom is -0.378 e. The van der Waals surface area contributed by atoms with Gasteiger partial charge in [0, 0.05) is 33.8 Å². The second-order valence-corrected chi connectivity index (χ2v) is 8.04. The Morgan fingerprint density at radius 1 is 1.19 bits per heavy atom. The summed E-state index contributed by atoms with van der Waals surface area (Å²) in [6.45, 7) is 2.74. The SMILES string of the molecule is CCCNC(=O)c1ccc2c(c1)C1C=CCC1C(c1ccc(Cl)cc1Cl)N2. The number of hydrogen-bond acceptors (Lipinski definition) is 2. The summed E-state index contributed by atoms with van der Waals surface area (Å²) in [6, 6.07) is 11.7. The van der Waals surface area contributed by atoms with Gasteiger partial charge in [0.2, 0.25) is 0 Å². The molecule has 1 amide bonds. The fourth-order valence-corrected chi connectivity index (χ4v) is 4.66. The molecule has 1 aliphatic carbocycles. The molecule has 0 spiro atoms. The van der Waals surface area contributed by atoms with Crippen LogP contribution in [0.5, 0.6) is 0 Å². The molecule has 4 rings (SSSR count). The number of carbonyl (C=O) groups is 1. The second-order valence-electron chi connectivity index (χ2n) is 7.20. The molecule has 2 N–H and O–H groups in total. The van der Waals surface area contributed by atoms with Crippen molar-refractivity contribution in [3.8, 4) is 0 Å². The summed E-state index contributed by atoms with van der Waals surface area (Å²) in [4.78, 5) is 12.4. The third kappa shape index (κ3) is 3.46. The molecule has 0 saturated carbocycles. The lowest BCUT2D eigenvalue weighted by Crippen LogP contribution is -2.30. The number of nitrogens with one attached hydrogen (secondary N) is 2. The van der Waals surface area contributed by atoms with E-state index in [1.54, 1.807) is 6.07 Å². The Bertz CT molecular complexity index is 909. The monoisotopic (exact) mass is 400 g/mol. The van der Waals surface area contributed by atoms with Gasteiger partial charge in [0.05, 0.1) is 6.04 Å². The average molecular weight is 401 g/mol. The Hall–Kier alpha value is -1.97. The molecule has 2 aromatic rings. The van der Waals surface area contributed by atoms with Crippen LogP contribution in [0, 0.1) is 5.92 Å². The van der Waals surface area contributed by atoms with Crippen LogP contribution in [0.15, 0.2) is 48.6 Å². The molecule has 5 heteroatoms. The number of hydrogen-bond donors (Lipinski definition) is 2. The predicted octanol–water partition coefficient (Wildman–Crippen LogP) is 5.96. The number of benzene rings is 2. The van der Waals surface area contributed by atoms with Crippen LogP contribution in [0.1, 0.15) is 53.2 Å². The van der Waals surface area contributed by atoms with Gasteiger partial charge in [0.25, 0.3) is 5.91 Å². The number of allylic oxidation sites excluding steroid dienone is 2. The molecule has 0 radical (unpaired) electrons. The van der Waals surface area contributed by atoms with E-state index < -0.39 is 0 Å². The largest absolute Gasteiger partial charge is 0.378 e. The Labute approximate surface area is 169 Å². The van der Waals surface area contributed by atoms with Crippen molar-refractivity contribution in [3.63, 3.8) is 0 Å². The molecular weight excluding hydrogens is 379 g/mol. The van der Waals surface area contributed by atoms with Crippen LogP contribution in [0.3, 0.4) is 0 Å². The molecule has 3 unspecified atom stereocenters. The maximum atomic E-state index is 12.4. The van der Waals surface area contributed by atoms with E-state index >= 15 is 0 Å². The van der Waals surface area contributed by atoms with Crippen molar-refractivity contribution in [2.45, 2.75) is 31.7 Å². The van der Waals surface area contributed by atoms with Gasteiger partial charge in [-0.3, -0.25) is 4.79 Å². The number of halogens is 2. The zero-order chi connectivity index (χ0) is 19.0. The highest BCUT2D eigenvalue weighted by Gasteiger charge is 2.38. The van der Waals surface area contributed by atoms with Crippen LogP contribution in [-0.2, 0) is 0 Å². The fraction of sp³-hybridized carbons (Fsp3) is 0.318. The lowest BCUT2D eigenvalue weighted by molar-refractivity contribution is 0.0953. The summed E-state index contributed by atoms with van der Waals surface area (Å²) in [5, 5.41) is 7.94. The van der Waals surface area contributed by atoms with Crippen LogP contribution >= 0.6 is 23.2 Å². The number of carbonyl (C=O) groups excluding carboxylic acids is 1. The van der Waals surface area contributed by atoms with E-state index in [0.29, 0.717) is 28.1 Å². The van der Waals surface area contributed by atoms with Gasteiger partial charge in [-0.15, -0.1) is 0 Å². The molecule has 3 atom stereocenters. The van der Waals surface area contributed by atoms with Crippen molar-refractivity contribution in [1.82, 2.24) is 5.32 Å². The van der Waals surface area contributed by atoms with E-state index in [-0.39, 0.29) is 17.9 Å². The molecule has 3 nitrogen and oxygen atoms in total. The van der Waals surface area contributed by atoms with Crippen molar-refractivity contribution >= 4 is 34.8 Å². The molecule has 140 valence electrons. The van der Waals surface area contributed by atoms with Gasteiger partial charge in [-0.1, -0.05) is 48.3 Å². The first kappa shape index (κ1) is 18.4. The fourth-order valence-electron chi connectivity index (χ4n) is 4.14. The second kappa shape index (κ2) is 7.57. The van der Waals surface area contributed by atoms with Crippen molar-refractivity contribution in [3.05, 3.63) is 75.3 Å². The topological polar surface area (TPSA) is 41.1 Å². The van der Waals surface area contributed by atoms with Crippen LogP contribution in [0.2, 0.25) is 10.0 Å². The smallest absolute Gasteiger partial charge is 0.251 e. The molecule has 0 bridgehead atoms. The van der Waals surface area contributed by atoms with Gasteiger partial charge >= 0.3 is 0 Å². The standard InChI is InChI=1S/C22H22Cl2N2O/c1-2-10-25-22(27)13-6-9-20-18(11-13)15-4-3-5-16(15)21(26-20)17-8-7-14(23)12-19(17)24/h3-4,6-9,11-12,15-16,21,26H,2,5,10H2,1H3,(H,25,27). The third-order valence-corrected chi connectivity index (χ3v) is 6.02. The highest BCUT2D eigenvalue weighted by Crippen LogP contribution is 2.51. The Kier molecular flexibility index (Phi) is 5.16. The molecule has 27 heavy (non-hydrogen) atoms. The average Bonchev–Trinajstić information content (AvgIpc) is 3.15. The van der Waals surface area contributed by atoms with Crippen molar-refractivity contribution in [1.29, 1.82) is 0 Å². The van der Waals surface area contributed by atoms with Gasteiger partial charge in [-0.05, 0) is 60.2 Å². The normalized spacial score (nSPS) is 22.7. The number of rotatable bonds is 4. The maximum absolute atomic E-state index is 12.4. The first-order valence-corrected chi connectivity index (χ1v) is 10.1. The van der Waals surface area contributed by atoms with Gasteiger partial charge in [-0.25, -0.2) is 0 Å². The Morgan fingerprint density at radius 3 is 2.81 bits per heavy atom. The summed E-state index contributed by atoms with van der Waals surface area (Å²) >= 11 is 12.6. The van der Waals surface area contributed by atoms with E-state index in [1.165, 1.54) is 5.56 Å². The van der Waals surface area contributed by atoms with Crippen molar-refractivity contribution in [2.24, 2.45) is 5.92 Å². The summed E-state index contributed by atoms with van der Waals surface area (Å²) in [5.41, 5.74) is 4.02. The van der Waals surface area contributed by atoms with Gasteiger partial charge < -0.3 is 10.6 Å². The number of amides is 1. The lowest BCUT2D eigenvalue weighted by Gasteiger charge is -2.38. The summed E-state index contributed by atoms with van der Waals surface area (Å²) in [5.74, 6) is 0.628. The minimum absolute atomic E-state index is 0.0129. The lowest BCUT2D eigenvalue weighted by atomic mass is 9.76. The van der Waals surface area contributed by atoms with Crippen molar-refractivity contribution in [2.75, 3.05) is 11.9 Å². The van der Waals surface area contributed by atoms with Crippen LogP contribution in [-0.4, -0.2) is 12.5 Å². The van der Waals surface area contributed by atoms with Crippen LogP contribution in [0.4, 0.5) is 5.69 Å². The molecule has 2 aliphatic rings. The molecule has 2 aromatic carbocycles. The minimum atomic E-state index is -0.0129. The molecule has 0 aromatic heterocycles. The first-order valence-electron chi connectivity index (χ1n) is 9.38. The van der Waals surface area contributed by atoms with E-state index in [1.807, 2.05) is 37.3 Å². The van der Waals surface area contributed by atoms with E-state index in [4.69, 9.17) is 23.2 Å². The maximum Gasteiger partial charge on any atom is 0.251 e. The van der Waals surface area contributed by atoms with E-state index in [2.05, 4.69) is 22.8 Å². The van der Waals surface area contributed by atoms with Gasteiger partial charge in [0.1, 0.15) is 0 Å². The zero-order valence-corrected chi connectivity index (χ0v) is 16.6. The van der Waals surface area contributed by atoms with Crippen LogP contribution in [0.25, 0.3) is 0 Å². The summed E-state index contributed by atoms with van der Waals surface area (Å²) < 4.78 is 0. The predicted molar refractivity (Wildman–Crippen MR) is 112 cm³/mol. The molecule has 0 fully saturated rings. The van der Waals surface area contributed by atoms with E-state index in [9.17, 15) is 4.79 Å². The first-order chi connectivity index (χ1) is 13.1. The van der Waals surface area contributed by atoms with Crippen LogP contribution < -0.4 is 10.6 Å². The summed E-state index contributed by atoms with van der Waals surface area (Å²) in [6.07, 6.45) is 6.39. The molecule has 1 aliphatic heterocycles. The number of anilines is 1. The van der Waals surface area contributed by atoms with Gasteiger partial charge in [0.15, 0.2) is 0 Å². The quantitative estimate of drug-likeness (QED) is 0.621. The molecular formula is C22H22Cl2N2O. The molecule has 1 heterocycles. The Morgan fingerprint density at radius 2 is 2.04 bits per heavy atom. The Balaban J connectivity index is 1.69. The van der Waals surface area contributed by atoms with Gasteiger partial charge in [-0.2, -0.15) is 0 Å². The summed E-state index contributed by atoms with van der Waals surface area (Å²) in [7, 11) is 0. The third-order valence-electron chi connectivity index (χ3n) is 5.46. The van der Waals surface area contributed by atoms with Crippen molar-refractivity contribution < 1.29 is 4.79 Å². The molecule has 0 saturated heterocycles. The highest BCUT2D eigenvalue weighted by molar-refractivity contribution is 6.35. The van der Waals surface area contributed by atoms with E-state index in [0.717, 1.165) is 24.1 Å². The highest BCUT2D eigenvalue weighted by atomic mass is 35.5.